The number of fused-ring (bicyclic) bond motifs is 1. The van der Waals surface area contributed by atoms with E-state index in [4.69, 9.17) is 11.6 Å². The standard InChI is InChI=1S/C26H27ClN4O/c1-17(32)13-21-9-7-20(8-10-21)11-12-28-25-24-18(2)19(3)31(26(24)30-16-29-25)15-22-5-4-6-23(27)14-22/h4-10,14,16H,11-13,15H2,1-3H3,(H,28,29,30). The van der Waals surface area contributed by atoms with Crippen molar-refractivity contribution in [2.75, 3.05) is 11.9 Å². The van der Waals surface area contributed by atoms with Gasteiger partial charge in [0.25, 0.3) is 0 Å². The largest absolute Gasteiger partial charge is 0.369 e. The van der Waals surface area contributed by atoms with Crippen LogP contribution in [0.15, 0.2) is 54.9 Å². The quantitative estimate of drug-likeness (QED) is 0.386. The fourth-order valence-corrected chi connectivity index (χ4v) is 4.26. The summed E-state index contributed by atoms with van der Waals surface area (Å²) in [6, 6.07) is 16.2. The highest BCUT2D eigenvalue weighted by Gasteiger charge is 2.16. The number of ketones is 1. The van der Waals surface area contributed by atoms with Gasteiger partial charge in [-0.2, -0.15) is 0 Å². The molecule has 0 fully saturated rings. The average molecular weight is 447 g/mol. The summed E-state index contributed by atoms with van der Waals surface area (Å²) in [5.74, 6) is 1.04. The predicted molar refractivity (Wildman–Crippen MR) is 131 cm³/mol. The third kappa shape index (κ3) is 4.83. The van der Waals surface area contributed by atoms with Crippen molar-refractivity contribution in [3.05, 3.63) is 87.8 Å². The molecule has 0 aliphatic rings. The second-order valence-corrected chi connectivity index (χ2v) is 8.66. The van der Waals surface area contributed by atoms with E-state index in [1.54, 1.807) is 13.3 Å². The maximum absolute atomic E-state index is 11.3. The molecule has 0 aliphatic heterocycles. The van der Waals surface area contributed by atoms with Crippen LogP contribution >= 0.6 is 11.6 Å². The van der Waals surface area contributed by atoms with Gasteiger partial charge in [-0.1, -0.05) is 48.0 Å². The number of anilines is 1. The van der Waals surface area contributed by atoms with E-state index in [0.29, 0.717) is 13.0 Å². The Labute approximate surface area is 193 Å². The lowest BCUT2D eigenvalue weighted by Gasteiger charge is -2.10. The van der Waals surface area contributed by atoms with E-state index in [1.807, 2.05) is 30.3 Å². The minimum absolute atomic E-state index is 0.181. The number of rotatable bonds is 8. The molecule has 0 aliphatic carbocycles. The summed E-state index contributed by atoms with van der Waals surface area (Å²) in [5.41, 5.74) is 6.69. The van der Waals surface area contributed by atoms with Crippen LogP contribution in [0.4, 0.5) is 5.82 Å². The van der Waals surface area contributed by atoms with Crippen molar-refractivity contribution in [3.63, 3.8) is 0 Å². The molecule has 4 aromatic rings. The van der Waals surface area contributed by atoms with Gasteiger partial charge < -0.3 is 9.88 Å². The number of carbonyl (C=O) groups excluding carboxylic acids is 1. The van der Waals surface area contributed by atoms with Crippen molar-refractivity contribution >= 4 is 34.2 Å². The van der Waals surface area contributed by atoms with Gasteiger partial charge in [0.1, 0.15) is 23.6 Å². The molecule has 4 rings (SSSR count). The number of carbonyl (C=O) groups is 1. The van der Waals surface area contributed by atoms with Crippen molar-refractivity contribution in [2.24, 2.45) is 0 Å². The molecule has 164 valence electrons. The molecular formula is C26H27ClN4O. The van der Waals surface area contributed by atoms with E-state index in [9.17, 15) is 4.79 Å². The van der Waals surface area contributed by atoms with Crippen LogP contribution in [0.2, 0.25) is 5.02 Å². The van der Waals surface area contributed by atoms with Crippen LogP contribution in [0, 0.1) is 13.8 Å². The lowest BCUT2D eigenvalue weighted by molar-refractivity contribution is -0.116. The summed E-state index contributed by atoms with van der Waals surface area (Å²) in [4.78, 5) is 20.4. The maximum atomic E-state index is 11.3. The van der Waals surface area contributed by atoms with Gasteiger partial charge in [0, 0.05) is 30.2 Å². The molecule has 2 aromatic heterocycles. The molecule has 6 heteroatoms. The highest BCUT2D eigenvalue weighted by Crippen LogP contribution is 2.29. The van der Waals surface area contributed by atoms with Gasteiger partial charge in [-0.25, -0.2) is 9.97 Å². The van der Waals surface area contributed by atoms with Crippen molar-refractivity contribution in [3.8, 4) is 0 Å². The Morgan fingerprint density at radius 2 is 1.78 bits per heavy atom. The number of Topliss-reactive ketones (excluding diaryl/α,β-unsaturated/α-hetero) is 1. The fraction of sp³-hybridized carbons (Fsp3) is 0.269. The van der Waals surface area contributed by atoms with E-state index in [2.05, 4.69) is 51.9 Å². The van der Waals surface area contributed by atoms with Gasteiger partial charge >= 0.3 is 0 Å². The molecule has 0 radical (unpaired) electrons. The van der Waals surface area contributed by atoms with Crippen molar-refractivity contribution < 1.29 is 4.79 Å². The topological polar surface area (TPSA) is 59.8 Å². The van der Waals surface area contributed by atoms with Gasteiger partial charge in [0.15, 0.2) is 0 Å². The molecule has 0 unspecified atom stereocenters. The normalized spacial score (nSPS) is 11.1. The van der Waals surface area contributed by atoms with Crippen LogP contribution in [-0.2, 0) is 24.2 Å². The number of aromatic nitrogens is 3. The van der Waals surface area contributed by atoms with Crippen LogP contribution in [0.3, 0.4) is 0 Å². The number of hydrogen-bond donors (Lipinski definition) is 1. The Hall–Kier alpha value is -3.18. The zero-order valence-electron chi connectivity index (χ0n) is 18.7. The molecule has 2 aromatic carbocycles. The second kappa shape index (κ2) is 9.53. The minimum Gasteiger partial charge on any atom is -0.369 e. The first-order valence-corrected chi connectivity index (χ1v) is 11.2. The third-order valence-electron chi connectivity index (χ3n) is 5.82. The summed E-state index contributed by atoms with van der Waals surface area (Å²) in [7, 11) is 0. The molecule has 1 N–H and O–H groups in total. The molecule has 0 spiro atoms. The first kappa shape index (κ1) is 22.0. The molecule has 0 saturated carbocycles. The van der Waals surface area contributed by atoms with E-state index in [0.717, 1.165) is 46.0 Å². The smallest absolute Gasteiger partial charge is 0.146 e. The molecule has 32 heavy (non-hydrogen) atoms. The van der Waals surface area contributed by atoms with Crippen molar-refractivity contribution in [2.45, 2.75) is 40.2 Å². The molecule has 5 nitrogen and oxygen atoms in total. The second-order valence-electron chi connectivity index (χ2n) is 8.22. The molecule has 0 bridgehead atoms. The first-order chi connectivity index (χ1) is 15.4. The van der Waals surface area contributed by atoms with Crippen molar-refractivity contribution in [1.82, 2.24) is 14.5 Å². The zero-order valence-corrected chi connectivity index (χ0v) is 19.4. The Morgan fingerprint density at radius 1 is 1.03 bits per heavy atom. The highest BCUT2D eigenvalue weighted by molar-refractivity contribution is 6.30. The monoisotopic (exact) mass is 446 g/mol. The van der Waals surface area contributed by atoms with Crippen LogP contribution in [0.5, 0.6) is 0 Å². The molecular weight excluding hydrogens is 420 g/mol. The molecule has 0 amide bonds. The molecule has 2 heterocycles. The number of benzene rings is 2. The van der Waals surface area contributed by atoms with Crippen LogP contribution < -0.4 is 5.32 Å². The lowest BCUT2D eigenvalue weighted by Crippen LogP contribution is -2.08. The highest BCUT2D eigenvalue weighted by atomic mass is 35.5. The summed E-state index contributed by atoms with van der Waals surface area (Å²) < 4.78 is 2.22. The van der Waals surface area contributed by atoms with Gasteiger partial charge in [-0.05, 0) is 61.6 Å². The SMILES string of the molecule is CC(=O)Cc1ccc(CCNc2ncnc3c2c(C)c(C)n3Cc2cccc(Cl)c2)cc1. The summed E-state index contributed by atoms with van der Waals surface area (Å²) in [5, 5.41) is 5.29. The average Bonchev–Trinajstić information content (AvgIpc) is 3.00. The fourth-order valence-electron chi connectivity index (χ4n) is 4.05. The number of halogens is 1. The van der Waals surface area contributed by atoms with Gasteiger partial charge in [0.2, 0.25) is 0 Å². The van der Waals surface area contributed by atoms with Crippen molar-refractivity contribution in [1.29, 1.82) is 0 Å². The van der Waals surface area contributed by atoms with E-state index < -0.39 is 0 Å². The predicted octanol–water partition coefficient (Wildman–Crippen LogP) is 5.54. The van der Waals surface area contributed by atoms with Crippen LogP contribution in [0.25, 0.3) is 11.0 Å². The maximum Gasteiger partial charge on any atom is 0.146 e. The number of hydrogen-bond acceptors (Lipinski definition) is 4. The van der Waals surface area contributed by atoms with Crippen LogP contribution in [0.1, 0.15) is 34.9 Å². The Kier molecular flexibility index (Phi) is 6.56. The summed E-state index contributed by atoms with van der Waals surface area (Å²) in [6.45, 7) is 7.32. The van der Waals surface area contributed by atoms with Gasteiger partial charge in [0.05, 0.1) is 5.39 Å². The summed E-state index contributed by atoms with van der Waals surface area (Å²) in [6.07, 6.45) is 2.98. The lowest BCUT2D eigenvalue weighted by atomic mass is 10.1. The van der Waals surface area contributed by atoms with Gasteiger partial charge in [-0.15, -0.1) is 0 Å². The third-order valence-corrected chi connectivity index (χ3v) is 6.05. The van der Waals surface area contributed by atoms with Gasteiger partial charge in [-0.3, -0.25) is 4.79 Å². The van der Waals surface area contributed by atoms with E-state index >= 15 is 0 Å². The molecule has 0 saturated heterocycles. The minimum atomic E-state index is 0.181. The Bertz CT molecular complexity index is 1260. The first-order valence-electron chi connectivity index (χ1n) is 10.8. The van der Waals surface area contributed by atoms with Crippen LogP contribution in [-0.4, -0.2) is 26.9 Å². The van der Waals surface area contributed by atoms with E-state index in [1.165, 1.54) is 16.8 Å². The van der Waals surface area contributed by atoms with E-state index in [-0.39, 0.29) is 5.78 Å². The zero-order chi connectivity index (χ0) is 22.7. The molecule has 0 atom stereocenters. The number of nitrogens with zero attached hydrogens (tertiary/aromatic N) is 3. The Morgan fingerprint density at radius 3 is 2.50 bits per heavy atom. The summed E-state index contributed by atoms with van der Waals surface area (Å²) >= 11 is 6.18. The number of nitrogens with one attached hydrogen (secondary N) is 1. The Balaban J connectivity index is 1.52. The number of aryl methyl sites for hydroxylation is 1.